The van der Waals surface area contributed by atoms with E-state index in [4.69, 9.17) is 5.41 Å². The van der Waals surface area contributed by atoms with Crippen molar-refractivity contribution in [1.82, 2.24) is 10.3 Å². The Hall–Kier alpha value is -3.37. The fraction of sp³-hybridized carbons (Fsp3) is 0.143. The van der Waals surface area contributed by atoms with Gasteiger partial charge < -0.3 is 16.0 Å². The molecule has 0 spiro atoms. The van der Waals surface area contributed by atoms with Crippen LogP contribution in [0.2, 0.25) is 0 Å². The molecule has 3 aromatic rings. The molecule has 0 saturated carbocycles. The molecule has 160 valence electrons. The molecule has 1 aromatic heterocycles. The summed E-state index contributed by atoms with van der Waals surface area (Å²) in [5.41, 5.74) is 3.90. The molecule has 31 heavy (non-hydrogen) atoms. The number of sulfonamides is 1. The number of pyridine rings is 1. The van der Waals surface area contributed by atoms with Gasteiger partial charge in [-0.2, -0.15) is 4.39 Å². The number of benzene rings is 2. The molecule has 0 unspecified atom stereocenters. The number of halogens is 2. The molecule has 2 heterocycles. The number of hydrogen-bond donors (Lipinski definition) is 4. The molecule has 0 saturated heterocycles. The average molecular weight is 443 g/mol. The van der Waals surface area contributed by atoms with Gasteiger partial charge in [-0.25, -0.2) is 17.8 Å². The number of rotatable bonds is 7. The van der Waals surface area contributed by atoms with Crippen LogP contribution in [-0.4, -0.2) is 19.6 Å². The summed E-state index contributed by atoms with van der Waals surface area (Å²) in [6.45, 7) is 1.93. The first-order chi connectivity index (χ1) is 14.9. The van der Waals surface area contributed by atoms with E-state index in [-0.39, 0.29) is 11.4 Å². The minimum atomic E-state index is -4.38. The second-order valence-corrected chi connectivity index (χ2v) is 8.63. The topological polar surface area (TPSA) is 107 Å². The Morgan fingerprint density at radius 1 is 1.13 bits per heavy atom. The van der Waals surface area contributed by atoms with E-state index in [1.807, 2.05) is 18.2 Å². The quantitative estimate of drug-likeness (QED) is 0.331. The summed E-state index contributed by atoms with van der Waals surface area (Å²) in [7, 11) is -4.38. The van der Waals surface area contributed by atoms with Crippen LogP contribution < -0.4 is 15.4 Å². The van der Waals surface area contributed by atoms with Gasteiger partial charge in [0.1, 0.15) is 16.5 Å². The number of fused-ring (bicyclic) bond motifs is 1. The number of nitrogens with zero attached hydrogens (tertiary/aromatic N) is 1. The van der Waals surface area contributed by atoms with Crippen molar-refractivity contribution in [3.05, 3.63) is 82.5 Å². The number of hydrogen-bond acceptors (Lipinski definition) is 6. The Morgan fingerprint density at radius 2 is 1.94 bits per heavy atom. The smallest absolute Gasteiger partial charge is 0.265 e. The van der Waals surface area contributed by atoms with Gasteiger partial charge in [-0.3, -0.25) is 4.72 Å². The van der Waals surface area contributed by atoms with Crippen molar-refractivity contribution in [2.75, 3.05) is 10.0 Å². The minimum Gasteiger partial charge on any atom is -0.380 e. The zero-order valence-electron chi connectivity index (χ0n) is 16.2. The van der Waals surface area contributed by atoms with E-state index >= 15 is 0 Å². The minimum absolute atomic E-state index is 0.194. The molecule has 7 nitrogen and oxygen atoms in total. The summed E-state index contributed by atoms with van der Waals surface area (Å²) in [6.07, 6.45) is 0.943. The lowest BCUT2D eigenvalue weighted by atomic mass is 10.0. The van der Waals surface area contributed by atoms with Crippen molar-refractivity contribution in [3.8, 4) is 0 Å². The molecular weight excluding hydrogens is 424 g/mol. The highest BCUT2D eigenvalue weighted by Crippen LogP contribution is 2.26. The fourth-order valence-corrected chi connectivity index (χ4v) is 4.56. The van der Waals surface area contributed by atoms with E-state index in [9.17, 15) is 17.2 Å². The van der Waals surface area contributed by atoms with Crippen LogP contribution in [0.1, 0.15) is 22.3 Å². The lowest BCUT2D eigenvalue weighted by Crippen LogP contribution is -2.17. The van der Waals surface area contributed by atoms with Crippen LogP contribution in [0, 0.1) is 17.2 Å². The largest absolute Gasteiger partial charge is 0.380 e. The summed E-state index contributed by atoms with van der Waals surface area (Å²) in [5.74, 6) is -2.15. The van der Waals surface area contributed by atoms with Crippen molar-refractivity contribution >= 4 is 27.7 Å². The Kier molecular flexibility index (Phi) is 5.66. The van der Waals surface area contributed by atoms with E-state index < -0.39 is 26.7 Å². The molecule has 0 atom stereocenters. The number of aromatic nitrogens is 1. The van der Waals surface area contributed by atoms with E-state index in [0.29, 0.717) is 12.2 Å². The first-order valence-electron chi connectivity index (χ1n) is 9.41. The second kappa shape index (κ2) is 8.40. The Balaban J connectivity index is 1.60. The van der Waals surface area contributed by atoms with Crippen molar-refractivity contribution in [2.45, 2.75) is 24.5 Å². The molecule has 0 radical (unpaired) electrons. The fourth-order valence-electron chi connectivity index (χ4n) is 3.46. The van der Waals surface area contributed by atoms with Crippen molar-refractivity contribution in [2.24, 2.45) is 0 Å². The number of anilines is 2. The summed E-state index contributed by atoms with van der Waals surface area (Å²) in [5, 5.41) is 14.0. The van der Waals surface area contributed by atoms with Crippen LogP contribution in [0.4, 0.5) is 20.3 Å². The van der Waals surface area contributed by atoms with Crippen LogP contribution in [0.3, 0.4) is 0 Å². The molecule has 2 aromatic carbocycles. The van der Waals surface area contributed by atoms with Gasteiger partial charge in [0, 0.05) is 37.1 Å². The average Bonchev–Trinajstić information content (AvgIpc) is 3.21. The maximum absolute atomic E-state index is 14.8. The summed E-state index contributed by atoms with van der Waals surface area (Å²) >= 11 is 0. The van der Waals surface area contributed by atoms with Crippen LogP contribution >= 0.6 is 0 Å². The molecular formula is C21H19F2N5O2S. The van der Waals surface area contributed by atoms with Crippen LogP contribution in [0.5, 0.6) is 0 Å². The zero-order valence-corrected chi connectivity index (χ0v) is 17.1. The third-order valence-electron chi connectivity index (χ3n) is 4.96. The standard InChI is InChI=1S/C21H19F2N5O2S/c22-17-8-18(26-11-14-4-1-3-13-10-25-12-16(13)14)15(9-24)7-19(17)31(29,30)28-21-6-2-5-20(23)27-21/h1-9,24-26H,10-12H2,(H,27,28). The normalized spacial score (nSPS) is 13.0. The SMILES string of the molecule is N=Cc1cc(S(=O)(=O)Nc2cccc(F)n2)c(F)cc1NCc1cccc2c1CNC2. The first kappa shape index (κ1) is 20.9. The second-order valence-electron chi connectivity index (χ2n) is 6.98. The van der Waals surface area contributed by atoms with Crippen molar-refractivity contribution in [3.63, 3.8) is 0 Å². The van der Waals surface area contributed by atoms with E-state index in [1.165, 1.54) is 23.3 Å². The molecule has 4 N–H and O–H groups in total. The van der Waals surface area contributed by atoms with E-state index in [2.05, 4.69) is 20.3 Å². The molecule has 0 aliphatic carbocycles. The van der Waals surface area contributed by atoms with Crippen LogP contribution in [-0.2, 0) is 29.7 Å². The van der Waals surface area contributed by atoms with Gasteiger partial charge in [0.15, 0.2) is 0 Å². The van der Waals surface area contributed by atoms with Crippen LogP contribution in [0.25, 0.3) is 0 Å². The molecule has 0 amide bonds. The summed E-state index contributed by atoms with van der Waals surface area (Å²) < 4.78 is 55.3. The monoisotopic (exact) mass is 443 g/mol. The van der Waals surface area contributed by atoms with Crippen molar-refractivity contribution in [1.29, 1.82) is 5.41 Å². The lowest BCUT2D eigenvalue weighted by Gasteiger charge is -2.15. The first-order valence-corrected chi connectivity index (χ1v) is 10.9. The van der Waals surface area contributed by atoms with Crippen molar-refractivity contribution < 1.29 is 17.2 Å². The Bertz CT molecular complexity index is 1260. The third-order valence-corrected chi connectivity index (χ3v) is 6.33. The molecule has 10 heteroatoms. The highest BCUT2D eigenvalue weighted by atomic mass is 32.2. The van der Waals surface area contributed by atoms with Gasteiger partial charge in [-0.05, 0) is 41.0 Å². The molecule has 1 aliphatic rings. The van der Waals surface area contributed by atoms with Gasteiger partial charge in [0.2, 0.25) is 5.95 Å². The lowest BCUT2D eigenvalue weighted by molar-refractivity contribution is 0.569. The molecule has 4 rings (SSSR count). The van der Waals surface area contributed by atoms with Crippen LogP contribution in [0.15, 0.2) is 53.4 Å². The zero-order chi connectivity index (χ0) is 22.0. The van der Waals surface area contributed by atoms with E-state index in [1.54, 1.807) is 0 Å². The highest BCUT2D eigenvalue weighted by molar-refractivity contribution is 7.92. The summed E-state index contributed by atoms with van der Waals surface area (Å²) in [6, 6.07) is 11.6. The summed E-state index contributed by atoms with van der Waals surface area (Å²) in [4.78, 5) is 2.76. The van der Waals surface area contributed by atoms with Gasteiger partial charge in [-0.1, -0.05) is 24.3 Å². The third kappa shape index (κ3) is 4.39. The van der Waals surface area contributed by atoms with Gasteiger partial charge in [0.25, 0.3) is 10.0 Å². The predicted molar refractivity (Wildman–Crippen MR) is 114 cm³/mol. The molecule has 0 bridgehead atoms. The Labute approximate surface area is 178 Å². The number of nitrogens with one attached hydrogen (secondary N) is 4. The molecule has 1 aliphatic heterocycles. The van der Waals surface area contributed by atoms with Gasteiger partial charge >= 0.3 is 0 Å². The maximum atomic E-state index is 14.8. The molecule has 0 fully saturated rings. The highest BCUT2D eigenvalue weighted by Gasteiger charge is 2.22. The maximum Gasteiger partial charge on any atom is 0.265 e. The Morgan fingerprint density at radius 3 is 2.71 bits per heavy atom. The predicted octanol–water partition coefficient (Wildman–Crippen LogP) is 3.37. The van der Waals surface area contributed by atoms with E-state index in [0.717, 1.165) is 43.1 Å². The van der Waals surface area contributed by atoms with Gasteiger partial charge in [0.05, 0.1) is 0 Å². The van der Waals surface area contributed by atoms with Gasteiger partial charge in [-0.15, -0.1) is 0 Å².